The van der Waals surface area contributed by atoms with Crippen LogP contribution in [0.2, 0.25) is 5.02 Å². The number of amides is 2. The molecule has 0 aromatic heterocycles. The SMILES string of the molecule is CCCCNC(=O)[C@H](C)N(CCc1ccccc1)C(=O)CN(c1ccccc1C)S(=O)(=O)c1ccc(Cl)cc1. The highest BCUT2D eigenvalue weighted by Crippen LogP contribution is 2.28. The van der Waals surface area contributed by atoms with Crippen molar-refractivity contribution in [2.24, 2.45) is 0 Å². The van der Waals surface area contributed by atoms with E-state index in [1.54, 1.807) is 32.0 Å². The maximum absolute atomic E-state index is 13.9. The van der Waals surface area contributed by atoms with E-state index in [-0.39, 0.29) is 17.3 Å². The molecule has 3 aromatic carbocycles. The molecule has 208 valence electrons. The zero-order valence-corrected chi connectivity index (χ0v) is 24.2. The van der Waals surface area contributed by atoms with Crippen LogP contribution in [0, 0.1) is 6.92 Å². The number of carbonyl (C=O) groups is 2. The van der Waals surface area contributed by atoms with Gasteiger partial charge in [0.25, 0.3) is 10.0 Å². The van der Waals surface area contributed by atoms with Gasteiger partial charge in [-0.05, 0) is 68.1 Å². The number of benzene rings is 3. The van der Waals surface area contributed by atoms with Crippen molar-refractivity contribution in [3.8, 4) is 0 Å². The van der Waals surface area contributed by atoms with E-state index in [2.05, 4.69) is 5.32 Å². The van der Waals surface area contributed by atoms with Crippen molar-refractivity contribution in [1.29, 1.82) is 0 Å². The van der Waals surface area contributed by atoms with Crippen molar-refractivity contribution < 1.29 is 18.0 Å². The predicted molar refractivity (Wildman–Crippen MR) is 156 cm³/mol. The normalized spacial score (nSPS) is 12.0. The van der Waals surface area contributed by atoms with Gasteiger partial charge < -0.3 is 10.2 Å². The van der Waals surface area contributed by atoms with E-state index in [1.165, 1.54) is 29.2 Å². The van der Waals surface area contributed by atoms with Gasteiger partial charge in [-0.2, -0.15) is 0 Å². The van der Waals surface area contributed by atoms with Gasteiger partial charge in [-0.3, -0.25) is 13.9 Å². The van der Waals surface area contributed by atoms with Gasteiger partial charge in [-0.25, -0.2) is 8.42 Å². The molecule has 1 N–H and O–H groups in total. The highest BCUT2D eigenvalue weighted by Gasteiger charge is 2.32. The molecule has 0 aliphatic carbocycles. The van der Waals surface area contributed by atoms with Crippen LogP contribution in [-0.4, -0.2) is 50.8 Å². The number of anilines is 1. The number of hydrogen-bond acceptors (Lipinski definition) is 4. The standard InChI is InChI=1S/C30H36ClN3O4S/c1-4-5-20-32-30(36)24(3)33(21-19-25-12-7-6-8-13-25)29(35)22-34(28-14-10-9-11-23(28)2)39(37,38)27-17-15-26(31)16-18-27/h6-18,24H,4-5,19-22H2,1-3H3,(H,32,36)/t24-/m0/s1. The van der Waals surface area contributed by atoms with Crippen LogP contribution in [0.25, 0.3) is 0 Å². The molecule has 0 spiro atoms. The van der Waals surface area contributed by atoms with E-state index < -0.39 is 28.5 Å². The Morgan fingerprint density at radius 2 is 1.59 bits per heavy atom. The molecule has 0 fully saturated rings. The first-order chi connectivity index (χ1) is 18.6. The Morgan fingerprint density at radius 1 is 0.949 bits per heavy atom. The fourth-order valence-electron chi connectivity index (χ4n) is 4.20. The number of para-hydroxylation sites is 1. The Balaban J connectivity index is 1.96. The van der Waals surface area contributed by atoms with Gasteiger partial charge in [-0.15, -0.1) is 0 Å². The van der Waals surface area contributed by atoms with E-state index in [9.17, 15) is 18.0 Å². The number of aryl methyl sites for hydroxylation is 1. The Bertz CT molecular complexity index is 1350. The van der Waals surface area contributed by atoms with Crippen molar-refractivity contribution in [2.75, 3.05) is 23.9 Å². The minimum atomic E-state index is -4.13. The lowest BCUT2D eigenvalue weighted by molar-refractivity contribution is -0.138. The minimum absolute atomic E-state index is 0.0177. The average molecular weight is 570 g/mol. The first kappa shape index (κ1) is 30.2. The van der Waals surface area contributed by atoms with Crippen LogP contribution in [0.4, 0.5) is 5.69 Å². The first-order valence-corrected chi connectivity index (χ1v) is 14.9. The molecule has 3 rings (SSSR count). The summed E-state index contributed by atoms with van der Waals surface area (Å²) < 4.78 is 28.8. The van der Waals surface area contributed by atoms with Crippen LogP contribution in [0.1, 0.15) is 37.8 Å². The lowest BCUT2D eigenvalue weighted by atomic mass is 10.1. The van der Waals surface area contributed by atoms with Gasteiger partial charge in [0.2, 0.25) is 11.8 Å². The zero-order valence-electron chi connectivity index (χ0n) is 22.6. The zero-order chi connectivity index (χ0) is 28.4. The number of carbonyl (C=O) groups excluding carboxylic acids is 2. The van der Waals surface area contributed by atoms with Crippen LogP contribution < -0.4 is 9.62 Å². The molecule has 1 atom stereocenters. The molecule has 0 aliphatic heterocycles. The summed E-state index contributed by atoms with van der Waals surface area (Å²) in [6.45, 7) is 5.81. The number of hydrogen-bond donors (Lipinski definition) is 1. The number of sulfonamides is 1. The Hall–Kier alpha value is -3.36. The number of rotatable bonds is 13. The molecule has 2 amide bonds. The highest BCUT2D eigenvalue weighted by molar-refractivity contribution is 7.92. The summed E-state index contributed by atoms with van der Waals surface area (Å²) in [6, 6.07) is 21.7. The van der Waals surface area contributed by atoms with E-state index in [4.69, 9.17) is 11.6 Å². The summed E-state index contributed by atoms with van der Waals surface area (Å²) in [5.41, 5.74) is 2.10. The number of nitrogens with zero attached hydrogens (tertiary/aromatic N) is 2. The van der Waals surface area contributed by atoms with E-state index in [1.807, 2.05) is 43.3 Å². The summed E-state index contributed by atoms with van der Waals surface area (Å²) in [5.74, 6) is -0.738. The van der Waals surface area contributed by atoms with Crippen molar-refractivity contribution in [3.63, 3.8) is 0 Å². The molecule has 7 nitrogen and oxygen atoms in total. The molecule has 0 radical (unpaired) electrons. The molecule has 0 unspecified atom stereocenters. The van der Waals surface area contributed by atoms with Gasteiger partial charge in [0, 0.05) is 18.1 Å². The van der Waals surface area contributed by atoms with E-state index in [0.717, 1.165) is 22.7 Å². The average Bonchev–Trinajstić information content (AvgIpc) is 2.93. The van der Waals surface area contributed by atoms with Gasteiger partial charge in [-0.1, -0.05) is 73.5 Å². The third-order valence-electron chi connectivity index (χ3n) is 6.55. The van der Waals surface area contributed by atoms with Crippen molar-refractivity contribution in [1.82, 2.24) is 10.2 Å². The fourth-order valence-corrected chi connectivity index (χ4v) is 5.80. The van der Waals surface area contributed by atoms with Crippen LogP contribution in [0.3, 0.4) is 0 Å². The second-order valence-electron chi connectivity index (χ2n) is 9.40. The van der Waals surface area contributed by atoms with Gasteiger partial charge in [0.15, 0.2) is 0 Å². The molecule has 0 saturated heterocycles. The van der Waals surface area contributed by atoms with Gasteiger partial charge in [0.1, 0.15) is 12.6 Å². The molecule has 39 heavy (non-hydrogen) atoms. The Labute approximate surface area is 236 Å². The quantitative estimate of drug-likeness (QED) is 0.286. The van der Waals surface area contributed by atoms with Crippen molar-refractivity contribution >= 4 is 39.1 Å². The molecule has 0 heterocycles. The Kier molecular flexibility index (Phi) is 10.9. The van der Waals surface area contributed by atoms with E-state index >= 15 is 0 Å². The summed E-state index contributed by atoms with van der Waals surface area (Å²) in [4.78, 5) is 28.4. The number of nitrogens with one attached hydrogen (secondary N) is 1. The monoisotopic (exact) mass is 569 g/mol. The molecule has 3 aromatic rings. The van der Waals surface area contributed by atoms with Crippen molar-refractivity contribution in [3.05, 3.63) is 95.0 Å². The number of unbranched alkanes of at least 4 members (excludes halogenated alkanes) is 1. The van der Waals surface area contributed by atoms with Crippen LogP contribution >= 0.6 is 11.6 Å². The molecule has 0 bridgehead atoms. The summed E-state index contributed by atoms with van der Waals surface area (Å²) >= 11 is 6.00. The molecular weight excluding hydrogens is 534 g/mol. The van der Waals surface area contributed by atoms with Gasteiger partial charge >= 0.3 is 0 Å². The maximum atomic E-state index is 13.9. The smallest absolute Gasteiger partial charge is 0.264 e. The van der Waals surface area contributed by atoms with Crippen molar-refractivity contribution in [2.45, 2.75) is 51.0 Å². The minimum Gasteiger partial charge on any atom is -0.354 e. The second kappa shape index (κ2) is 14.1. The first-order valence-electron chi connectivity index (χ1n) is 13.1. The largest absolute Gasteiger partial charge is 0.354 e. The van der Waals surface area contributed by atoms with Crippen LogP contribution in [-0.2, 0) is 26.0 Å². The number of halogens is 1. The predicted octanol–water partition coefficient (Wildman–Crippen LogP) is 5.22. The summed E-state index contributed by atoms with van der Waals surface area (Å²) in [6.07, 6.45) is 2.28. The summed E-state index contributed by atoms with van der Waals surface area (Å²) in [5, 5.41) is 3.30. The topological polar surface area (TPSA) is 86.8 Å². The molecule has 0 aliphatic rings. The van der Waals surface area contributed by atoms with Crippen LogP contribution in [0.15, 0.2) is 83.8 Å². The van der Waals surface area contributed by atoms with Crippen LogP contribution in [0.5, 0.6) is 0 Å². The molecule has 0 saturated carbocycles. The lowest BCUT2D eigenvalue weighted by Crippen LogP contribution is -2.52. The molecular formula is C30H36ClN3O4S. The third kappa shape index (κ3) is 8.07. The second-order valence-corrected chi connectivity index (χ2v) is 11.7. The lowest BCUT2D eigenvalue weighted by Gasteiger charge is -2.32. The summed E-state index contributed by atoms with van der Waals surface area (Å²) in [7, 11) is -4.13. The third-order valence-corrected chi connectivity index (χ3v) is 8.57. The highest BCUT2D eigenvalue weighted by atomic mass is 35.5. The van der Waals surface area contributed by atoms with Gasteiger partial charge in [0.05, 0.1) is 10.6 Å². The van der Waals surface area contributed by atoms with E-state index in [0.29, 0.717) is 29.2 Å². The molecule has 9 heteroatoms. The Morgan fingerprint density at radius 3 is 2.23 bits per heavy atom. The fraction of sp³-hybridized carbons (Fsp3) is 0.333. The maximum Gasteiger partial charge on any atom is 0.264 e.